The Kier molecular flexibility index (Phi) is 5.09. The van der Waals surface area contributed by atoms with Crippen LogP contribution in [-0.4, -0.2) is 35.6 Å². The second-order valence-electron chi connectivity index (χ2n) is 5.80. The van der Waals surface area contributed by atoms with Crippen LogP contribution < -0.4 is 4.74 Å². The number of benzene rings is 1. The SMILES string of the molecule is Cc1oc(-n2cccc2)c(C#N)c1C(=O)N(C)CCOc1ccccc1. The van der Waals surface area contributed by atoms with Crippen LogP contribution in [0.3, 0.4) is 0 Å². The van der Waals surface area contributed by atoms with Crippen molar-refractivity contribution in [2.75, 3.05) is 20.2 Å². The molecule has 0 saturated carbocycles. The molecule has 2 heterocycles. The number of aryl methyl sites for hydroxylation is 1. The fraction of sp³-hybridized carbons (Fsp3) is 0.200. The van der Waals surface area contributed by atoms with Crippen molar-refractivity contribution >= 4 is 5.91 Å². The lowest BCUT2D eigenvalue weighted by atomic mass is 10.1. The summed E-state index contributed by atoms with van der Waals surface area (Å²) in [5.41, 5.74) is 0.526. The molecule has 0 N–H and O–H groups in total. The van der Waals surface area contributed by atoms with Crippen LogP contribution in [0.2, 0.25) is 0 Å². The van der Waals surface area contributed by atoms with Crippen molar-refractivity contribution in [3.05, 3.63) is 71.7 Å². The molecule has 0 aliphatic rings. The zero-order valence-corrected chi connectivity index (χ0v) is 14.7. The van der Waals surface area contributed by atoms with Crippen molar-refractivity contribution in [1.29, 1.82) is 5.26 Å². The number of hydrogen-bond donors (Lipinski definition) is 0. The molecule has 0 spiro atoms. The Morgan fingerprint density at radius 2 is 1.92 bits per heavy atom. The van der Waals surface area contributed by atoms with E-state index in [1.807, 2.05) is 42.5 Å². The number of nitriles is 1. The summed E-state index contributed by atoms with van der Waals surface area (Å²) in [4.78, 5) is 14.3. The summed E-state index contributed by atoms with van der Waals surface area (Å²) in [6.45, 7) is 2.44. The lowest BCUT2D eigenvalue weighted by molar-refractivity contribution is 0.0771. The van der Waals surface area contributed by atoms with Crippen LogP contribution in [-0.2, 0) is 0 Å². The lowest BCUT2D eigenvalue weighted by Crippen LogP contribution is -2.31. The first-order chi connectivity index (χ1) is 12.6. The second-order valence-corrected chi connectivity index (χ2v) is 5.80. The van der Waals surface area contributed by atoms with Crippen LogP contribution in [0.5, 0.6) is 5.75 Å². The van der Waals surface area contributed by atoms with Crippen LogP contribution in [0.25, 0.3) is 5.88 Å². The van der Waals surface area contributed by atoms with Gasteiger partial charge in [0.05, 0.1) is 6.54 Å². The van der Waals surface area contributed by atoms with Gasteiger partial charge in [0.15, 0.2) is 0 Å². The molecular weight excluding hydrogens is 330 g/mol. The Balaban J connectivity index is 1.74. The van der Waals surface area contributed by atoms with Crippen molar-refractivity contribution in [3.63, 3.8) is 0 Å². The van der Waals surface area contributed by atoms with Crippen molar-refractivity contribution in [2.45, 2.75) is 6.92 Å². The third-order valence-corrected chi connectivity index (χ3v) is 4.02. The number of likely N-dealkylation sites (N-methyl/N-ethyl adjacent to an activating group) is 1. The molecule has 6 heteroatoms. The van der Waals surface area contributed by atoms with Gasteiger partial charge in [-0.15, -0.1) is 0 Å². The van der Waals surface area contributed by atoms with Crippen molar-refractivity contribution in [2.24, 2.45) is 0 Å². The minimum absolute atomic E-state index is 0.236. The Labute approximate surface area is 151 Å². The summed E-state index contributed by atoms with van der Waals surface area (Å²) in [7, 11) is 1.68. The Morgan fingerprint density at radius 1 is 1.23 bits per heavy atom. The predicted molar refractivity (Wildman–Crippen MR) is 96.4 cm³/mol. The van der Waals surface area contributed by atoms with Crippen molar-refractivity contribution in [3.8, 4) is 17.7 Å². The quantitative estimate of drug-likeness (QED) is 0.684. The molecule has 0 unspecified atom stereocenters. The first-order valence-electron chi connectivity index (χ1n) is 8.22. The summed E-state index contributed by atoms with van der Waals surface area (Å²) in [5, 5.41) is 9.55. The number of rotatable bonds is 6. The van der Waals surface area contributed by atoms with Gasteiger partial charge >= 0.3 is 0 Å². The van der Waals surface area contributed by atoms with Crippen LogP contribution in [0.4, 0.5) is 0 Å². The molecule has 0 bridgehead atoms. The van der Waals surface area contributed by atoms with Crippen LogP contribution >= 0.6 is 0 Å². The molecule has 132 valence electrons. The molecule has 0 aliphatic heterocycles. The number of amides is 1. The van der Waals surface area contributed by atoms with Gasteiger partial charge < -0.3 is 14.1 Å². The van der Waals surface area contributed by atoms with Crippen LogP contribution in [0.15, 0.2) is 59.3 Å². The van der Waals surface area contributed by atoms with E-state index in [2.05, 4.69) is 6.07 Å². The maximum atomic E-state index is 12.8. The highest BCUT2D eigenvalue weighted by molar-refractivity contribution is 5.98. The maximum absolute atomic E-state index is 12.8. The van der Waals surface area contributed by atoms with E-state index < -0.39 is 0 Å². The Hall–Kier alpha value is -3.46. The molecule has 0 aliphatic carbocycles. The van der Waals surface area contributed by atoms with E-state index in [9.17, 15) is 10.1 Å². The minimum atomic E-state index is -0.266. The third-order valence-electron chi connectivity index (χ3n) is 4.02. The van der Waals surface area contributed by atoms with E-state index in [0.717, 1.165) is 5.75 Å². The van der Waals surface area contributed by atoms with E-state index in [-0.39, 0.29) is 11.5 Å². The van der Waals surface area contributed by atoms with Crippen molar-refractivity contribution in [1.82, 2.24) is 9.47 Å². The highest BCUT2D eigenvalue weighted by atomic mass is 16.5. The van der Waals surface area contributed by atoms with Gasteiger partial charge in [0.25, 0.3) is 5.91 Å². The molecule has 0 radical (unpaired) electrons. The summed E-state index contributed by atoms with van der Waals surface area (Å²) in [6, 6.07) is 15.2. The van der Waals surface area contributed by atoms with E-state index >= 15 is 0 Å². The zero-order valence-electron chi connectivity index (χ0n) is 14.7. The van der Waals surface area contributed by atoms with Gasteiger partial charge in [-0.3, -0.25) is 9.36 Å². The number of carbonyl (C=O) groups excluding carboxylic acids is 1. The molecule has 0 fully saturated rings. The first-order valence-corrected chi connectivity index (χ1v) is 8.22. The van der Waals surface area contributed by atoms with Gasteiger partial charge in [-0.2, -0.15) is 5.26 Å². The first kappa shape index (κ1) is 17.4. The molecule has 6 nitrogen and oxygen atoms in total. The molecule has 0 saturated heterocycles. The number of ether oxygens (including phenoxy) is 1. The predicted octanol–water partition coefficient (Wildman–Crippen LogP) is 3.40. The summed E-state index contributed by atoms with van der Waals surface area (Å²) in [6.07, 6.45) is 3.54. The van der Waals surface area contributed by atoms with E-state index in [0.29, 0.717) is 30.4 Å². The summed E-state index contributed by atoms with van der Waals surface area (Å²) in [5.74, 6) is 1.26. The van der Waals surface area contributed by atoms with Crippen LogP contribution in [0.1, 0.15) is 21.7 Å². The largest absolute Gasteiger partial charge is 0.492 e. The monoisotopic (exact) mass is 349 g/mol. The van der Waals surface area contributed by atoms with Crippen molar-refractivity contribution < 1.29 is 13.9 Å². The van der Waals surface area contributed by atoms with Gasteiger partial charge in [0.1, 0.15) is 35.3 Å². The van der Waals surface area contributed by atoms with E-state index in [1.165, 1.54) is 4.90 Å². The standard InChI is InChI=1S/C20H19N3O3/c1-15-18(17(14-21)20(26-15)23-10-6-7-11-23)19(24)22(2)12-13-25-16-8-4-3-5-9-16/h3-11H,12-13H2,1-2H3. The molecule has 0 atom stereocenters. The molecule has 26 heavy (non-hydrogen) atoms. The Morgan fingerprint density at radius 3 is 2.58 bits per heavy atom. The fourth-order valence-electron chi connectivity index (χ4n) is 2.65. The van der Waals surface area contributed by atoms with Gasteiger partial charge in [-0.05, 0) is 31.2 Å². The van der Waals surface area contributed by atoms with Gasteiger partial charge in [-0.25, -0.2) is 0 Å². The summed E-state index contributed by atoms with van der Waals surface area (Å²) >= 11 is 0. The number of para-hydroxylation sites is 1. The fourth-order valence-corrected chi connectivity index (χ4v) is 2.65. The number of carbonyl (C=O) groups is 1. The van der Waals surface area contributed by atoms with Gasteiger partial charge in [0.2, 0.25) is 5.88 Å². The molecular formula is C20H19N3O3. The Bertz CT molecular complexity index is 921. The summed E-state index contributed by atoms with van der Waals surface area (Å²) < 4.78 is 13.0. The zero-order chi connectivity index (χ0) is 18.5. The second kappa shape index (κ2) is 7.62. The number of hydrogen-bond acceptors (Lipinski definition) is 4. The molecule has 3 aromatic rings. The smallest absolute Gasteiger partial charge is 0.258 e. The molecule has 1 amide bonds. The molecule has 3 rings (SSSR count). The highest BCUT2D eigenvalue weighted by Gasteiger charge is 2.26. The third kappa shape index (κ3) is 3.47. The normalized spacial score (nSPS) is 10.3. The maximum Gasteiger partial charge on any atom is 0.258 e. The highest BCUT2D eigenvalue weighted by Crippen LogP contribution is 2.26. The molecule has 2 aromatic heterocycles. The number of furan rings is 1. The van der Waals surface area contributed by atoms with E-state index in [4.69, 9.17) is 9.15 Å². The van der Waals surface area contributed by atoms with E-state index in [1.54, 1.807) is 30.9 Å². The van der Waals surface area contributed by atoms with Gasteiger partial charge in [-0.1, -0.05) is 18.2 Å². The lowest BCUT2D eigenvalue weighted by Gasteiger charge is -2.17. The molecule has 1 aromatic carbocycles. The average molecular weight is 349 g/mol. The number of aromatic nitrogens is 1. The van der Waals surface area contributed by atoms with Gasteiger partial charge in [0, 0.05) is 19.4 Å². The average Bonchev–Trinajstić information content (AvgIpc) is 3.29. The minimum Gasteiger partial charge on any atom is -0.492 e. The van der Waals surface area contributed by atoms with Crippen LogP contribution in [0, 0.1) is 18.3 Å². The number of nitrogens with zero attached hydrogens (tertiary/aromatic N) is 3. The topological polar surface area (TPSA) is 71.4 Å².